The van der Waals surface area contributed by atoms with Crippen LogP contribution < -0.4 is 0 Å². The van der Waals surface area contributed by atoms with E-state index in [4.69, 9.17) is 0 Å². The van der Waals surface area contributed by atoms with Crippen molar-refractivity contribution in [2.24, 2.45) is 0 Å². The molecule has 0 N–H and O–H groups in total. The van der Waals surface area contributed by atoms with Crippen LogP contribution in [-0.2, 0) is 0 Å². The molecule has 0 amide bonds. The summed E-state index contributed by atoms with van der Waals surface area (Å²) in [5, 5.41) is 0.959. The molecular formula is C12H14BrFO. The van der Waals surface area contributed by atoms with Gasteiger partial charge in [0, 0.05) is 11.8 Å². The number of unbranched alkanes of at least 4 members (excludes halogenated alkanes) is 2. The molecule has 0 aliphatic rings. The van der Waals surface area contributed by atoms with Gasteiger partial charge in [-0.25, -0.2) is 4.39 Å². The fraction of sp³-hybridized carbons (Fsp3) is 0.417. The summed E-state index contributed by atoms with van der Waals surface area (Å²) >= 11 is 3.33. The summed E-state index contributed by atoms with van der Waals surface area (Å²) < 4.78 is 13.2. The number of Topliss-reactive ketones (excluding diaryl/α,β-unsaturated/α-hetero) is 1. The number of ketones is 1. The van der Waals surface area contributed by atoms with E-state index in [1.807, 2.05) is 0 Å². The molecule has 0 saturated heterocycles. The molecule has 3 heteroatoms. The zero-order valence-electron chi connectivity index (χ0n) is 8.51. The van der Waals surface area contributed by atoms with Gasteiger partial charge in [-0.05, 0) is 25.0 Å². The molecule has 15 heavy (non-hydrogen) atoms. The molecule has 0 radical (unpaired) electrons. The van der Waals surface area contributed by atoms with Crippen LogP contribution in [0.2, 0.25) is 0 Å². The Morgan fingerprint density at radius 2 is 1.93 bits per heavy atom. The van der Waals surface area contributed by atoms with Gasteiger partial charge in [-0.3, -0.25) is 4.79 Å². The zero-order chi connectivity index (χ0) is 11.1. The first kappa shape index (κ1) is 12.4. The molecule has 1 aromatic rings. The lowest BCUT2D eigenvalue weighted by atomic mass is 10.0. The lowest BCUT2D eigenvalue weighted by Crippen LogP contribution is -2.01. The molecule has 0 atom stereocenters. The maximum absolute atomic E-state index is 13.2. The van der Waals surface area contributed by atoms with Crippen LogP contribution in [0, 0.1) is 5.82 Å². The number of rotatable bonds is 6. The predicted octanol–water partition coefficient (Wildman–Crippen LogP) is 3.96. The first-order valence-corrected chi connectivity index (χ1v) is 6.21. The average molecular weight is 273 g/mol. The van der Waals surface area contributed by atoms with Gasteiger partial charge in [0.1, 0.15) is 5.82 Å². The van der Waals surface area contributed by atoms with E-state index < -0.39 is 5.82 Å². The molecule has 0 fully saturated rings. The summed E-state index contributed by atoms with van der Waals surface area (Å²) in [6, 6.07) is 6.15. The highest BCUT2D eigenvalue weighted by atomic mass is 79.9. The minimum absolute atomic E-state index is 0.0947. The summed E-state index contributed by atoms with van der Waals surface area (Å²) in [5.74, 6) is -0.509. The molecule has 1 rings (SSSR count). The Kier molecular flexibility index (Phi) is 5.54. The van der Waals surface area contributed by atoms with Crippen molar-refractivity contribution in [3.05, 3.63) is 35.6 Å². The van der Waals surface area contributed by atoms with Crippen molar-refractivity contribution < 1.29 is 9.18 Å². The molecule has 0 aliphatic carbocycles. The molecule has 0 heterocycles. The highest BCUT2D eigenvalue weighted by Gasteiger charge is 2.09. The van der Waals surface area contributed by atoms with Gasteiger partial charge in [-0.1, -0.05) is 34.5 Å². The molecule has 0 spiro atoms. The number of benzene rings is 1. The van der Waals surface area contributed by atoms with E-state index >= 15 is 0 Å². The van der Waals surface area contributed by atoms with Crippen molar-refractivity contribution in [3.8, 4) is 0 Å². The largest absolute Gasteiger partial charge is 0.294 e. The number of halogens is 2. The highest BCUT2D eigenvalue weighted by Crippen LogP contribution is 2.12. The molecule has 1 nitrogen and oxygen atoms in total. The first-order valence-electron chi connectivity index (χ1n) is 5.09. The second-order valence-electron chi connectivity index (χ2n) is 3.40. The fourth-order valence-electron chi connectivity index (χ4n) is 1.38. The Hall–Kier alpha value is -0.700. The average Bonchev–Trinajstić information content (AvgIpc) is 2.25. The van der Waals surface area contributed by atoms with E-state index in [-0.39, 0.29) is 11.3 Å². The summed E-state index contributed by atoms with van der Waals surface area (Å²) in [4.78, 5) is 11.6. The Bertz CT molecular complexity index is 325. The van der Waals surface area contributed by atoms with Crippen molar-refractivity contribution in [1.29, 1.82) is 0 Å². The third-order valence-corrected chi connectivity index (χ3v) is 2.77. The second kappa shape index (κ2) is 6.72. The van der Waals surface area contributed by atoms with Crippen LogP contribution in [0.25, 0.3) is 0 Å². The quantitative estimate of drug-likeness (QED) is 0.435. The topological polar surface area (TPSA) is 17.1 Å². The van der Waals surface area contributed by atoms with Gasteiger partial charge < -0.3 is 0 Å². The van der Waals surface area contributed by atoms with Crippen LogP contribution in [0.15, 0.2) is 24.3 Å². The number of alkyl halides is 1. The Morgan fingerprint density at radius 3 is 2.60 bits per heavy atom. The van der Waals surface area contributed by atoms with Crippen LogP contribution in [0.5, 0.6) is 0 Å². The number of hydrogen-bond acceptors (Lipinski definition) is 1. The molecule has 1 aromatic carbocycles. The van der Waals surface area contributed by atoms with Crippen molar-refractivity contribution in [3.63, 3.8) is 0 Å². The van der Waals surface area contributed by atoms with Crippen LogP contribution in [-0.4, -0.2) is 11.1 Å². The Morgan fingerprint density at radius 1 is 1.20 bits per heavy atom. The molecule has 0 saturated carbocycles. The summed E-state index contributed by atoms with van der Waals surface area (Å²) in [6.07, 6.45) is 3.34. The van der Waals surface area contributed by atoms with Gasteiger partial charge >= 0.3 is 0 Å². The van der Waals surface area contributed by atoms with Crippen molar-refractivity contribution in [2.75, 3.05) is 5.33 Å². The first-order chi connectivity index (χ1) is 7.25. The number of carbonyl (C=O) groups is 1. The molecule has 0 aromatic heterocycles. The summed E-state index contributed by atoms with van der Waals surface area (Å²) in [7, 11) is 0. The van der Waals surface area contributed by atoms with E-state index in [1.165, 1.54) is 6.07 Å². The van der Waals surface area contributed by atoms with E-state index in [0.717, 1.165) is 24.6 Å². The minimum Gasteiger partial charge on any atom is -0.294 e. The minimum atomic E-state index is -0.414. The van der Waals surface area contributed by atoms with Crippen molar-refractivity contribution in [2.45, 2.75) is 25.7 Å². The van der Waals surface area contributed by atoms with Crippen molar-refractivity contribution >= 4 is 21.7 Å². The third-order valence-electron chi connectivity index (χ3n) is 2.21. The molecular weight excluding hydrogens is 259 g/mol. The van der Waals surface area contributed by atoms with Crippen LogP contribution in [0.3, 0.4) is 0 Å². The van der Waals surface area contributed by atoms with Crippen LogP contribution in [0.4, 0.5) is 4.39 Å². The summed E-state index contributed by atoms with van der Waals surface area (Å²) in [5.41, 5.74) is 0.219. The fourth-order valence-corrected chi connectivity index (χ4v) is 1.78. The van der Waals surface area contributed by atoms with Gasteiger partial charge in [0.15, 0.2) is 5.78 Å². The van der Waals surface area contributed by atoms with E-state index in [2.05, 4.69) is 15.9 Å². The highest BCUT2D eigenvalue weighted by molar-refractivity contribution is 9.09. The molecule has 0 bridgehead atoms. The van der Waals surface area contributed by atoms with Gasteiger partial charge in [0.2, 0.25) is 0 Å². The van der Waals surface area contributed by atoms with Gasteiger partial charge in [-0.15, -0.1) is 0 Å². The van der Waals surface area contributed by atoms with Gasteiger partial charge in [-0.2, -0.15) is 0 Å². The van der Waals surface area contributed by atoms with Crippen LogP contribution in [0.1, 0.15) is 36.0 Å². The summed E-state index contributed by atoms with van der Waals surface area (Å²) in [6.45, 7) is 0. The van der Waals surface area contributed by atoms with E-state index in [9.17, 15) is 9.18 Å². The number of carbonyl (C=O) groups excluding carboxylic acids is 1. The molecule has 0 unspecified atom stereocenters. The zero-order valence-corrected chi connectivity index (χ0v) is 10.1. The lowest BCUT2D eigenvalue weighted by molar-refractivity contribution is 0.0975. The van der Waals surface area contributed by atoms with Gasteiger partial charge in [0.05, 0.1) is 5.56 Å². The smallest absolute Gasteiger partial charge is 0.165 e. The monoisotopic (exact) mass is 272 g/mol. The maximum Gasteiger partial charge on any atom is 0.165 e. The predicted molar refractivity (Wildman–Crippen MR) is 63.0 cm³/mol. The second-order valence-corrected chi connectivity index (χ2v) is 4.20. The van der Waals surface area contributed by atoms with E-state index in [1.54, 1.807) is 18.2 Å². The Labute approximate surface area is 97.8 Å². The number of hydrogen-bond donors (Lipinski definition) is 0. The standard InChI is InChI=1S/C12H14BrFO/c13-9-5-1-2-8-12(15)10-6-3-4-7-11(10)14/h3-4,6-7H,1-2,5,8-9H2. The van der Waals surface area contributed by atoms with Crippen molar-refractivity contribution in [1.82, 2.24) is 0 Å². The lowest BCUT2D eigenvalue weighted by Gasteiger charge is -2.01. The third kappa shape index (κ3) is 4.12. The van der Waals surface area contributed by atoms with E-state index in [0.29, 0.717) is 6.42 Å². The molecule has 0 aliphatic heterocycles. The van der Waals surface area contributed by atoms with Crippen LogP contribution >= 0.6 is 15.9 Å². The SMILES string of the molecule is O=C(CCCCCBr)c1ccccc1F. The normalized spacial score (nSPS) is 10.3. The maximum atomic E-state index is 13.2. The Balaban J connectivity index is 2.44. The van der Waals surface area contributed by atoms with Gasteiger partial charge in [0.25, 0.3) is 0 Å². The molecule has 82 valence electrons.